The third-order valence-electron chi connectivity index (χ3n) is 5.23. The number of hydrogen-bond donors (Lipinski definition) is 3. The lowest BCUT2D eigenvalue weighted by Gasteiger charge is -2.13. The second kappa shape index (κ2) is 11.1. The van der Waals surface area contributed by atoms with Gasteiger partial charge in [-0.2, -0.15) is 0 Å². The molecule has 0 saturated carbocycles. The van der Waals surface area contributed by atoms with Gasteiger partial charge in [-0.1, -0.05) is 6.07 Å². The van der Waals surface area contributed by atoms with Crippen molar-refractivity contribution in [1.29, 1.82) is 0 Å². The smallest absolute Gasteiger partial charge is 0.259 e. The maximum absolute atomic E-state index is 14.9. The molecule has 3 heterocycles. The van der Waals surface area contributed by atoms with E-state index < -0.39 is 17.5 Å². The van der Waals surface area contributed by atoms with E-state index in [9.17, 15) is 13.6 Å². The fourth-order valence-corrected chi connectivity index (χ4v) is 3.46. The van der Waals surface area contributed by atoms with E-state index in [0.29, 0.717) is 28.8 Å². The minimum absolute atomic E-state index is 0.000772. The number of carbonyl (C=O) groups excluding carboxylic acids is 1. The molecule has 188 valence electrons. The zero-order chi connectivity index (χ0) is 26.3. The molecule has 1 amide bonds. The van der Waals surface area contributed by atoms with Gasteiger partial charge < -0.3 is 20.7 Å². The van der Waals surface area contributed by atoms with E-state index in [1.54, 1.807) is 48.7 Å². The molecular weight excluding hydrogens is 490 g/mol. The highest BCUT2D eigenvalue weighted by Crippen LogP contribution is 2.29. The average molecular weight is 511 g/mol. The first kappa shape index (κ1) is 24.3. The predicted octanol–water partition coefficient (Wildman–Crippen LogP) is 6.68. The molecule has 38 heavy (non-hydrogen) atoms. The number of pyridine rings is 3. The van der Waals surface area contributed by atoms with E-state index in [2.05, 4.69) is 30.9 Å². The summed E-state index contributed by atoms with van der Waals surface area (Å²) >= 11 is 0. The molecule has 0 aliphatic rings. The molecule has 0 bridgehead atoms. The Kier molecular flexibility index (Phi) is 7.12. The van der Waals surface area contributed by atoms with Crippen molar-refractivity contribution < 1.29 is 18.3 Å². The third kappa shape index (κ3) is 6.05. The van der Waals surface area contributed by atoms with Gasteiger partial charge in [0, 0.05) is 42.1 Å². The summed E-state index contributed by atoms with van der Waals surface area (Å²) in [6.45, 7) is 0. The number of anilines is 5. The van der Waals surface area contributed by atoms with E-state index in [4.69, 9.17) is 4.74 Å². The number of hydrogen-bond acceptors (Lipinski definition) is 7. The maximum Gasteiger partial charge on any atom is 0.259 e. The van der Waals surface area contributed by atoms with Crippen LogP contribution in [0.4, 0.5) is 37.6 Å². The largest absolute Gasteiger partial charge is 0.454 e. The third-order valence-corrected chi connectivity index (χ3v) is 5.23. The van der Waals surface area contributed by atoms with Gasteiger partial charge in [0.05, 0.1) is 5.56 Å². The van der Waals surface area contributed by atoms with E-state index >= 15 is 0 Å². The number of amides is 1. The summed E-state index contributed by atoms with van der Waals surface area (Å²) in [5.74, 6) is 0.204. The fourth-order valence-electron chi connectivity index (χ4n) is 3.46. The first-order valence-electron chi connectivity index (χ1n) is 11.4. The first-order chi connectivity index (χ1) is 18.5. The Morgan fingerprint density at radius 3 is 2.29 bits per heavy atom. The Bertz CT molecular complexity index is 1570. The van der Waals surface area contributed by atoms with E-state index in [-0.39, 0.29) is 17.1 Å². The first-order valence-corrected chi connectivity index (χ1v) is 11.4. The number of benzene rings is 2. The zero-order valence-corrected chi connectivity index (χ0v) is 19.7. The van der Waals surface area contributed by atoms with Crippen LogP contribution in [0.5, 0.6) is 11.5 Å². The SMILES string of the molecule is O=C(Nc1ccc(F)cc1)c1cccnc1Nc1ccc(Oc2ccnc(Nc3ccccn3)c2)c(F)c1. The maximum atomic E-state index is 14.9. The van der Waals surface area contributed by atoms with Crippen molar-refractivity contribution >= 4 is 34.7 Å². The summed E-state index contributed by atoms with van der Waals surface area (Å²) in [5.41, 5.74) is 1.01. The number of aromatic nitrogens is 3. The van der Waals surface area contributed by atoms with Crippen molar-refractivity contribution in [1.82, 2.24) is 15.0 Å². The average Bonchev–Trinajstić information content (AvgIpc) is 2.93. The quantitative estimate of drug-likeness (QED) is 0.214. The highest BCUT2D eigenvalue weighted by Gasteiger charge is 2.14. The molecule has 3 aromatic heterocycles. The van der Waals surface area contributed by atoms with E-state index in [1.165, 1.54) is 48.8 Å². The minimum atomic E-state index is -0.626. The lowest BCUT2D eigenvalue weighted by atomic mass is 10.2. The summed E-state index contributed by atoms with van der Waals surface area (Å²) in [6.07, 6.45) is 4.69. The van der Waals surface area contributed by atoms with Gasteiger partial charge in [-0.25, -0.2) is 23.7 Å². The Balaban J connectivity index is 1.28. The number of ether oxygens (including phenoxy) is 1. The van der Waals surface area contributed by atoms with Crippen molar-refractivity contribution in [3.05, 3.63) is 121 Å². The van der Waals surface area contributed by atoms with Crippen LogP contribution >= 0.6 is 0 Å². The number of nitrogens with one attached hydrogen (secondary N) is 3. The van der Waals surface area contributed by atoms with Crippen molar-refractivity contribution in [2.24, 2.45) is 0 Å². The monoisotopic (exact) mass is 510 g/mol. The van der Waals surface area contributed by atoms with Crippen molar-refractivity contribution in [3.63, 3.8) is 0 Å². The van der Waals surface area contributed by atoms with Crippen molar-refractivity contribution in [2.75, 3.05) is 16.0 Å². The molecule has 0 atom stereocenters. The Labute approximate surface area is 216 Å². The molecule has 0 aliphatic heterocycles. The molecule has 0 radical (unpaired) electrons. The van der Waals surface area contributed by atoms with Crippen LogP contribution in [0.15, 0.2) is 104 Å². The normalized spacial score (nSPS) is 10.5. The van der Waals surface area contributed by atoms with Gasteiger partial charge in [0.1, 0.15) is 29.0 Å². The summed E-state index contributed by atoms with van der Waals surface area (Å²) in [7, 11) is 0. The lowest BCUT2D eigenvalue weighted by Crippen LogP contribution is -2.14. The van der Waals surface area contributed by atoms with Crippen LogP contribution < -0.4 is 20.7 Å². The van der Waals surface area contributed by atoms with E-state index in [0.717, 1.165) is 0 Å². The summed E-state index contributed by atoms with van der Waals surface area (Å²) in [5, 5.41) is 8.70. The van der Waals surface area contributed by atoms with Crippen molar-refractivity contribution in [3.8, 4) is 11.5 Å². The minimum Gasteiger partial charge on any atom is -0.454 e. The predicted molar refractivity (Wildman–Crippen MR) is 140 cm³/mol. The molecule has 10 heteroatoms. The van der Waals surface area contributed by atoms with Crippen molar-refractivity contribution in [2.45, 2.75) is 0 Å². The standard InChI is InChI=1S/C28H20F2N6O2/c29-18-6-8-19(9-7-18)35-28(37)22-4-3-14-33-27(22)34-20-10-11-24(23(30)16-20)38-21-12-15-32-26(17-21)36-25-5-1-2-13-31-25/h1-17H,(H,33,34)(H,35,37)(H,31,32,36). The van der Waals surface area contributed by atoms with Crippen LogP contribution in [0.1, 0.15) is 10.4 Å². The Morgan fingerprint density at radius 2 is 1.50 bits per heavy atom. The molecular formula is C28H20F2N6O2. The van der Waals surface area contributed by atoms with Crippen LogP contribution in [-0.4, -0.2) is 20.9 Å². The van der Waals surface area contributed by atoms with Gasteiger partial charge in [0.25, 0.3) is 5.91 Å². The number of nitrogens with zero attached hydrogens (tertiary/aromatic N) is 3. The van der Waals surface area contributed by atoms with Gasteiger partial charge in [-0.05, 0) is 66.7 Å². The molecule has 3 N–H and O–H groups in total. The van der Waals surface area contributed by atoms with Gasteiger partial charge >= 0.3 is 0 Å². The zero-order valence-electron chi connectivity index (χ0n) is 19.7. The molecule has 0 saturated heterocycles. The Hall–Kier alpha value is -5.38. The van der Waals surface area contributed by atoms with Gasteiger partial charge in [-0.3, -0.25) is 4.79 Å². The van der Waals surface area contributed by atoms with Gasteiger partial charge in [0.15, 0.2) is 11.6 Å². The van der Waals surface area contributed by atoms with Crippen LogP contribution in [-0.2, 0) is 0 Å². The highest BCUT2D eigenvalue weighted by atomic mass is 19.1. The molecule has 5 aromatic rings. The summed E-state index contributed by atoms with van der Waals surface area (Å²) in [6, 6.07) is 21.5. The second-order valence-corrected chi connectivity index (χ2v) is 7.95. The Morgan fingerprint density at radius 1 is 0.711 bits per heavy atom. The molecule has 0 fully saturated rings. The molecule has 0 aliphatic carbocycles. The van der Waals surface area contributed by atoms with Crippen LogP contribution in [0.25, 0.3) is 0 Å². The molecule has 8 nitrogen and oxygen atoms in total. The molecule has 0 spiro atoms. The van der Waals surface area contributed by atoms with Crippen LogP contribution in [0, 0.1) is 11.6 Å². The fraction of sp³-hybridized carbons (Fsp3) is 0. The summed E-state index contributed by atoms with van der Waals surface area (Å²) in [4.78, 5) is 25.4. The second-order valence-electron chi connectivity index (χ2n) is 7.95. The number of carbonyl (C=O) groups is 1. The summed E-state index contributed by atoms with van der Waals surface area (Å²) < 4.78 is 33.8. The number of halogens is 2. The lowest BCUT2D eigenvalue weighted by molar-refractivity contribution is 0.102. The number of rotatable bonds is 8. The molecule has 5 rings (SSSR count). The molecule has 0 unspecified atom stereocenters. The van der Waals surface area contributed by atoms with Gasteiger partial charge in [0.2, 0.25) is 0 Å². The van der Waals surface area contributed by atoms with Crippen LogP contribution in [0.3, 0.4) is 0 Å². The topological polar surface area (TPSA) is 101 Å². The highest BCUT2D eigenvalue weighted by molar-refractivity contribution is 6.07. The van der Waals surface area contributed by atoms with E-state index in [1.807, 2.05) is 6.07 Å². The van der Waals surface area contributed by atoms with Gasteiger partial charge in [-0.15, -0.1) is 0 Å². The molecule has 2 aromatic carbocycles. The van der Waals surface area contributed by atoms with Crippen LogP contribution in [0.2, 0.25) is 0 Å².